The van der Waals surface area contributed by atoms with Crippen LogP contribution in [-0.4, -0.2) is 34.9 Å². The van der Waals surface area contributed by atoms with Gasteiger partial charge in [-0.25, -0.2) is 0 Å². The Bertz CT molecular complexity index is 161. The summed E-state index contributed by atoms with van der Waals surface area (Å²) in [7, 11) is 0. The minimum Gasteiger partial charge on any atom is -0.480 e. The van der Waals surface area contributed by atoms with E-state index in [4.69, 9.17) is 10.2 Å². The summed E-state index contributed by atoms with van der Waals surface area (Å²) in [6, 6.07) is 0. The van der Waals surface area contributed by atoms with Crippen molar-refractivity contribution in [2.45, 2.75) is 38.6 Å². The highest BCUT2D eigenvalue weighted by molar-refractivity contribution is 5.78. The molecule has 0 amide bonds. The molecule has 0 aliphatic carbocycles. The van der Waals surface area contributed by atoms with E-state index < -0.39 is 11.5 Å². The van der Waals surface area contributed by atoms with Gasteiger partial charge in [0.1, 0.15) is 5.54 Å². The normalized spacial score (nSPS) is 15.3. The molecule has 0 aromatic heterocycles. The highest BCUT2D eigenvalue weighted by atomic mass is 16.4. The molecule has 0 unspecified atom stereocenters. The average Bonchev–Trinajstić information content (AvgIpc) is 2.12. The molecule has 0 radical (unpaired) electrons. The minimum atomic E-state index is -1.19. The third-order valence-corrected chi connectivity index (χ3v) is 2.08. The SMILES string of the molecule is CCCCCN[C@@](C)(CO)C(=O)O. The number of rotatable bonds is 7. The molecule has 13 heavy (non-hydrogen) atoms. The quantitative estimate of drug-likeness (QED) is 0.513. The first-order chi connectivity index (χ1) is 6.06. The second kappa shape index (κ2) is 5.94. The van der Waals surface area contributed by atoms with Crippen LogP contribution in [0.25, 0.3) is 0 Å². The Morgan fingerprint density at radius 2 is 2.08 bits per heavy atom. The lowest BCUT2D eigenvalue weighted by atomic mass is 10.0. The highest BCUT2D eigenvalue weighted by Gasteiger charge is 2.31. The second-order valence-electron chi connectivity index (χ2n) is 3.43. The molecule has 1 atom stereocenters. The summed E-state index contributed by atoms with van der Waals surface area (Å²) in [5.74, 6) is -1.01. The van der Waals surface area contributed by atoms with Crippen molar-refractivity contribution in [1.82, 2.24) is 5.32 Å². The van der Waals surface area contributed by atoms with Crippen molar-refractivity contribution in [3.8, 4) is 0 Å². The van der Waals surface area contributed by atoms with Crippen LogP contribution in [0.1, 0.15) is 33.1 Å². The highest BCUT2D eigenvalue weighted by Crippen LogP contribution is 2.03. The molecule has 0 saturated heterocycles. The van der Waals surface area contributed by atoms with Gasteiger partial charge in [-0.05, 0) is 19.9 Å². The van der Waals surface area contributed by atoms with E-state index in [1.54, 1.807) is 0 Å². The Labute approximate surface area is 79.0 Å². The number of carboxylic acids is 1. The van der Waals surface area contributed by atoms with E-state index in [2.05, 4.69) is 12.2 Å². The van der Waals surface area contributed by atoms with Gasteiger partial charge in [-0.15, -0.1) is 0 Å². The molecule has 4 nitrogen and oxygen atoms in total. The van der Waals surface area contributed by atoms with Crippen molar-refractivity contribution >= 4 is 5.97 Å². The lowest BCUT2D eigenvalue weighted by Crippen LogP contribution is -2.52. The van der Waals surface area contributed by atoms with Crippen LogP contribution in [0.3, 0.4) is 0 Å². The molecule has 0 bridgehead atoms. The molecule has 0 aromatic carbocycles. The Morgan fingerprint density at radius 1 is 1.46 bits per heavy atom. The first kappa shape index (κ1) is 12.4. The predicted octanol–water partition coefficient (Wildman–Crippen LogP) is 0.602. The van der Waals surface area contributed by atoms with Crippen LogP contribution in [0.5, 0.6) is 0 Å². The third kappa shape index (κ3) is 4.24. The van der Waals surface area contributed by atoms with Crippen LogP contribution in [0, 0.1) is 0 Å². The fourth-order valence-corrected chi connectivity index (χ4v) is 0.938. The summed E-state index contributed by atoms with van der Waals surface area (Å²) in [6.45, 7) is 3.83. The van der Waals surface area contributed by atoms with E-state index in [0.717, 1.165) is 19.3 Å². The fraction of sp³-hybridized carbons (Fsp3) is 0.889. The molecule has 0 aromatic rings. The van der Waals surface area contributed by atoms with Crippen molar-refractivity contribution in [3.05, 3.63) is 0 Å². The van der Waals surface area contributed by atoms with E-state index in [9.17, 15) is 4.79 Å². The number of aliphatic carboxylic acids is 1. The fourth-order valence-electron chi connectivity index (χ4n) is 0.938. The molecule has 3 N–H and O–H groups in total. The average molecular weight is 189 g/mol. The minimum absolute atomic E-state index is 0.380. The zero-order valence-corrected chi connectivity index (χ0v) is 8.34. The number of carbonyl (C=O) groups is 1. The van der Waals surface area contributed by atoms with Gasteiger partial charge in [0.15, 0.2) is 0 Å². The van der Waals surface area contributed by atoms with E-state index in [0.29, 0.717) is 6.54 Å². The molecular weight excluding hydrogens is 170 g/mol. The smallest absolute Gasteiger partial charge is 0.326 e. The van der Waals surface area contributed by atoms with Gasteiger partial charge in [0.2, 0.25) is 0 Å². The van der Waals surface area contributed by atoms with Crippen molar-refractivity contribution in [3.63, 3.8) is 0 Å². The molecule has 0 aliphatic rings. The molecule has 0 rings (SSSR count). The summed E-state index contributed by atoms with van der Waals surface area (Å²) in [5, 5.41) is 20.5. The van der Waals surface area contributed by atoms with Crippen molar-refractivity contribution in [1.29, 1.82) is 0 Å². The van der Waals surface area contributed by atoms with Gasteiger partial charge in [0, 0.05) is 0 Å². The molecule has 78 valence electrons. The maximum Gasteiger partial charge on any atom is 0.326 e. The lowest BCUT2D eigenvalue weighted by molar-refractivity contribution is -0.145. The molecule has 4 heteroatoms. The predicted molar refractivity (Wildman–Crippen MR) is 50.7 cm³/mol. The first-order valence-electron chi connectivity index (χ1n) is 4.66. The Morgan fingerprint density at radius 3 is 2.46 bits per heavy atom. The Balaban J connectivity index is 3.78. The molecule has 0 saturated carbocycles. The first-order valence-corrected chi connectivity index (χ1v) is 4.66. The molecular formula is C9H19NO3. The van der Waals surface area contributed by atoms with Gasteiger partial charge in [-0.3, -0.25) is 4.79 Å². The van der Waals surface area contributed by atoms with Crippen LogP contribution in [0.4, 0.5) is 0 Å². The standard InChI is InChI=1S/C9H19NO3/c1-3-4-5-6-10-9(2,7-11)8(12)13/h10-11H,3-7H2,1-2H3,(H,12,13)/t9-/m0/s1. The summed E-state index contributed by atoms with van der Waals surface area (Å²) in [4.78, 5) is 10.7. The van der Waals surface area contributed by atoms with E-state index in [-0.39, 0.29) is 6.61 Å². The van der Waals surface area contributed by atoms with Crippen molar-refractivity contribution in [2.24, 2.45) is 0 Å². The number of hydrogen-bond acceptors (Lipinski definition) is 3. The van der Waals surface area contributed by atoms with Crippen LogP contribution in [-0.2, 0) is 4.79 Å². The number of nitrogens with one attached hydrogen (secondary N) is 1. The second-order valence-corrected chi connectivity index (χ2v) is 3.43. The summed E-state index contributed by atoms with van der Waals surface area (Å²) >= 11 is 0. The Hall–Kier alpha value is -0.610. The van der Waals surface area contributed by atoms with Crippen LogP contribution >= 0.6 is 0 Å². The number of aliphatic hydroxyl groups excluding tert-OH is 1. The van der Waals surface area contributed by atoms with Gasteiger partial charge in [-0.1, -0.05) is 19.8 Å². The van der Waals surface area contributed by atoms with Gasteiger partial charge in [0.05, 0.1) is 6.61 Å². The van der Waals surface area contributed by atoms with Gasteiger partial charge >= 0.3 is 5.97 Å². The van der Waals surface area contributed by atoms with Crippen LogP contribution in [0.2, 0.25) is 0 Å². The number of aliphatic hydroxyl groups is 1. The largest absolute Gasteiger partial charge is 0.480 e. The summed E-state index contributed by atoms with van der Waals surface area (Å²) < 4.78 is 0. The monoisotopic (exact) mass is 189 g/mol. The topological polar surface area (TPSA) is 69.6 Å². The van der Waals surface area contributed by atoms with E-state index in [1.807, 2.05) is 0 Å². The lowest BCUT2D eigenvalue weighted by Gasteiger charge is -2.23. The van der Waals surface area contributed by atoms with E-state index in [1.165, 1.54) is 6.92 Å². The maximum absolute atomic E-state index is 10.7. The number of carboxylic acid groups (broad SMARTS) is 1. The van der Waals surface area contributed by atoms with Gasteiger partial charge < -0.3 is 15.5 Å². The number of unbranched alkanes of at least 4 members (excludes halogenated alkanes) is 2. The summed E-state index contributed by atoms with van der Waals surface area (Å²) in [6.07, 6.45) is 3.12. The molecule has 0 spiro atoms. The van der Waals surface area contributed by atoms with Gasteiger partial charge in [0.25, 0.3) is 0 Å². The van der Waals surface area contributed by atoms with E-state index >= 15 is 0 Å². The van der Waals surface area contributed by atoms with Gasteiger partial charge in [-0.2, -0.15) is 0 Å². The molecule has 0 aliphatic heterocycles. The van der Waals surface area contributed by atoms with Crippen LogP contribution in [0.15, 0.2) is 0 Å². The zero-order valence-electron chi connectivity index (χ0n) is 8.34. The molecule has 0 heterocycles. The van der Waals surface area contributed by atoms with Crippen molar-refractivity contribution < 1.29 is 15.0 Å². The van der Waals surface area contributed by atoms with Crippen LogP contribution < -0.4 is 5.32 Å². The maximum atomic E-state index is 10.7. The Kier molecular flexibility index (Phi) is 5.66. The third-order valence-electron chi connectivity index (χ3n) is 2.08. The van der Waals surface area contributed by atoms with Crippen molar-refractivity contribution in [2.75, 3.05) is 13.2 Å². The number of hydrogen-bond donors (Lipinski definition) is 3. The molecule has 0 fully saturated rings. The zero-order chi connectivity index (χ0) is 10.3. The summed E-state index contributed by atoms with van der Waals surface area (Å²) in [5.41, 5.74) is -1.19.